The molecule has 0 saturated heterocycles. The second-order valence-electron chi connectivity index (χ2n) is 4.31. The van der Waals surface area contributed by atoms with Gasteiger partial charge in [0.25, 0.3) is 5.69 Å². The zero-order valence-electron chi connectivity index (χ0n) is 10.1. The Morgan fingerprint density at radius 2 is 1.47 bits per heavy atom. The first kappa shape index (κ1) is 11.4. The Hall–Kier alpha value is -2.68. The third-order valence-electron chi connectivity index (χ3n) is 3.17. The minimum Gasteiger partial charge on any atom is -0.258 e. The molecule has 19 heavy (non-hydrogen) atoms. The van der Waals surface area contributed by atoms with E-state index in [2.05, 4.69) is 0 Å². The van der Waals surface area contributed by atoms with Crippen molar-refractivity contribution in [2.75, 3.05) is 0 Å². The van der Waals surface area contributed by atoms with Crippen LogP contribution in [0.2, 0.25) is 0 Å². The molecule has 3 aromatic rings. The summed E-state index contributed by atoms with van der Waals surface area (Å²) in [5, 5.41) is 13.0. The highest BCUT2D eigenvalue weighted by Gasteiger charge is 2.18. The Morgan fingerprint density at radius 3 is 2.21 bits per heavy atom. The molecule has 0 aromatic heterocycles. The summed E-state index contributed by atoms with van der Waals surface area (Å²) in [6.07, 6.45) is 0. The van der Waals surface area contributed by atoms with Crippen LogP contribution in [0.15, 0.2) is 66.7 Å². The molecule has 3 rings (SSSR count). The second-order valence-corrected chi connectivity index (χ2v) is 4.31. The summed E-state index contributed by atoms with van der Waals surface area (Å²) in [6.45, 7) is 0. The molecule has 0 N–H and O–H groups in total. The largest absolute Gasteiger partial charge is 0.284 e. The SMILES string of the molecule is O=[N+]([O-])c1c(-c2ccccc2)ccc2ccccc12. The van der Waals surface area contributed by atoms with E-state index in [1.807, 2.05) is 60.7 Å². The van der Waals surface area contributed by atoms with Crippen molar-refractivity contribution in [1.29, 1.82) is 0 Å². The molecule has 0 spiro atoms. The molecule has 0 saturated carbocycles. The van der Waals surface area contributed by atoms with Crippen LogP contribution in [0.25, 0.3) is 21.9 Å². The summed E-state index contributed by atoms with van der Waals surface area (Å²) in [5.74, 6) is 0. The van der Waals surface area contributed by atoms with Gasteiger partial charge in [0.1, 0.15) is 0 Å². The highest BCUT2D eigenvalue weighted by molar-refractivity contribution is 5.98. The van der Waals surface area contributed by atoms with Crippen LogP contribution in [-0.2, 0) is 0 Å². The van der Waals surface area contributed by atoms with Gasteiger partial charge in [0, 0.05) is 0 Å². The van der Waals surface area contributed by atoms with E-state index in [-0.39, 0.29) is 10.6 Å². The average Bonchev–Trinajstić information content (AvgIpc) is 2.46. The van der Waals surface area contributed by atoms with Gasteiger partial charge in [-0.05, 0) is 23.1 Å². The van der Waals surface area contributed by atoms with Gasteiger partial charge in [0.2, 0.25) is 0 Å². The van der Waals surface area contributed by atoms with Crippen molar-refractivity contribution in [2.45, 2.75) is 0 Å². The van der Waals surface area contributed by atoms with Crippen LogP contribution in [0.4, 0.5) is 5.69 Å². The standard InChI is InChI=1S/C16H11NO2/c18-17(19)16-14-9-5-4-8-13(14)10-11-15(16)12-6-2-1-3-7-12/h1-11H. The first-order valence-electron chi connectivity index (χ1n) is 5.99. The lowest BCUT2D eigenvalue weighted by Gasteiger charge is -2.06. The van der Waals surface area contributed by atoms with E-state index in [4.69, 9.17) is 0 Å². The minimum absolute atomic E-state index is 0.171. The number of rotatable bonds is 2. The number of benzene rings is 3. The van der Waals surface area contributed by atoms with Gasteiger partial charge >= 0.3 is 0 Å². The van der Waals surface area contributed by atoms with Gasteiger partial charge in [-0.3, -0.25) is 10.1 Å². The lowest BCUT2D eigenvalue weighted by atomic mass is 9.99. The number of hydrogen-bond acceptors (Lipinski definition) is 2. The second kappa shape index (κ2) is 4.53. The fourth-order valence-corrected chi connectivity index (χ4v) is 2.30. The van der Waals surface area contributed by atoms with E-state index >= 15 is 0 Å². The summed E-state index contributed by atoms with van der Waals surface area (Å²) >= 11 is 0. The molecular formula is C16H11NO2. The molecule has 3 nitrogen and oxygen atoms in total. The van der Waals surface area contributed by atoms with Gasteiger partial charge in [-0.2, -0.15) is 0 Å². The van der Waals surface area contributed by atoms with E-state index in [0.717, 1.165) is 10.9 Å². The number of hydrogen-bond donors (Lipinski definition) is 0. The van der Waals surface area contributed by atoms with Crippen LogP contribution in [0.1, 0.15) is 0 Å². The van der Waals surface area contributed by atoms with E-state index in [9.17, 15) is 10.1 Å². The van der Waals surface area contributed by atoms with Crippen molar-refractivity contribution >= 4 is 16.5 Å². The van der Waals surface area contributed by atoms with E-state index in [1.54, 1.807) is 6.07 Å². The first-order chi connectivity index (χ1) is 9.27. The molecule has 0 aliphatic rings. The lowest BCUT2D eigenvalue weighted by molar-refractivity contribution is -0.382. The molecule has 0 radical (unpaired) electrons. The van der Waals surface area contributed by atoms with Crippen molar-refractivity contribution in [2.24, 2.45) is 0 Å². The van der Waals surface area contributed by atoms with E-state index < -0.39 is 0 Å². The van der Waals surface area contributed by atoms with Crippen molar-refractivity contribution in [3.8, 4) is 11.1 Å². The molecule has 0 amide bonds. The van der Waals surface area contributed by atoms with Crippen LogP contribution in [0.3, 0.4) is 0 Å². The summed E-state index contributed by atoms with van der Waals surface area (Å²) in [5.41, 5.74) is 1.69. The molecule has 92 valence electrons. The molecule has 0 heterocycles. The quantitative estimate of drug-likeness (QED) is 0.498. The average molecular weight is 249 g/mol. The van der Waals surface area contributed by atoms with Crippen molar-refractivity contribution < 1.29 is 4.92 Å². The minimum atomic E-state index is -0.301. The lowest BCUT2D eigenvalue weighted by Crippen LogP contribution is -1.93. The van der Waals surface area contributed by atoms with Crippen molar-refractivity contribution in [3.63, 3.8) is 0 Å². The zero-order valence-corrected chi connectivity index (χ0v) is 10.1. The Labute approximate surface area is 110 Å². The van der Waals surface area contributed by atoms with Crippen LogP contribution in [0.5, 0.6) is 0 Å². The van der Waals surface area contributed by atoms with Crippen molar-refractivity contribution in [1.82, 2.24) is 0 Å². The highest BCUT2D eigenvalue weighted by atomic mass is 16.6. The molecule has 0 unspecified atom stereocenters. The number of nitro benzene ring substituents is 1. The maximum absolute atomic E-state index is 11.4. The van der Waals surface area contributed by atoms with Gasteiger partial charge in [0.15, 0.2) is 0 Å². The molecule has 0 aliphatic carbocycles. The van der Waals surface area contributed by atoms with Gasteiger partial charge in [0.05, 0.1) is 15.9 Å². The van der Waals surface area contributed by atoms with Crippen LogP contribution in [-0.4, -0.2) is 4.92 Å². The van der Waals surface area contributed by atoms with E-state index in [1.165, 1.54) is 0 Å². The number of nitro groups is 1. The fraction of sp³-hybridized carbons (Fsp3) is 0. The summed E-state index contributed by atoms with van der Waals surface area (Å²) in [4.78, 5) is 11.1. The zero-order chi connectivity index (χ0) is 13.2. The van der Waals surface area contributed by atoms with Crippen LogP contribution < -0.4 is 0 Å². The topological polar surface area (TPSA) is 43.1 Å². The van der Waals surface area contributed by atoms with Gasteiger partial charge < -0.3 is 0 Å². The Morgan fingerprint density at radius 1 is 0.789 bits per heavy atom. The number of nitrogens with zero attached hydrogens (tertiary/aromatic N) is 1. The summed E-state index contributed by atoms with van der Waals surface area (Å²) < 4.78 is 0. The third kappa shape index (κ3) is 1.95. The smallest absolute Gasteiger partial charge is 0.258 e. The first-order valence-corrected chi connectivity index (χ1v) is 5.99. The molecule has 0 bridgehead atoms. The van der Waals surface area contributed by atoms with Gasteiger partial charge in [-0.1, -0.05) is 54.6 Å². The third-order valence-corrected chi connectivity index (χ3v) is 3.17. The Bertz CT molecular complexity index is 751. The molecule has 0 aliphatic heterocycles. The molecular weight excluding hydrogens is 238 g/mol. The molecule has 3 heteroatoms. The van der Waals surface area contributed by atoms with Gasteiger partial charge in [-0.25, -0.2) is 0 Å². The fourth-order valence-electron chi connectivity index (χ4n) is 2.30. The van der Waals surface area contributed by atoms with Crippen molar-refractivity contribution in [3.05, 3.63) is 76.8 Å². The highest BCUT2D eigenvalue weighted by Crippen LogP contribution is 2.36. The predicted molar refractivity (Wildman–Crippen MR) is 76.0 cm³/mol. The Kier molecular flexibility index (Phi) is 2.72. The number of fused-ring (bicyclic) bond motifs is 1. The molecule has 0 fully saturated rings. The monoisotopic (exact) mass is 249 g/mol. The van der Waals surface area contributed by atoms with E-state index in [0.29, 0.717) is 10.9 Å². The molecule has 0 atom stereocenters. The van der Waals surface area contributed by atoms with Crippen LogP contribution >= 0.6 is 0 Å². The normalized spacial score (nSPS) is 10.5. The van der Waals surface area contributed by atoms with Crippen LogP contribution in [0, 0.1) is 10.1 Å². The summed E-state index contributed by atoms with van der Waals surface area (Å²) in [6, 6.07) is 20.6. The maximum Gasteiger partial charge on any atom is 0.284 e. The summed E-state index contributed by atoms with van der Waals surface area (Å²) in [7, 11) is 0. The maximum atomic E-state index is 11.4. The Balaban J connectivity index is 2.37. The molecule has 3 aromatic carbocycles. The predicted octanol–water partition coefficient (Wildman–Crippen LogP) is 4.42. The van der Waals surface area contributed by atoms with Gasteiger partial charge in [-0.15, -0.1) is 0 Å².